The van der Waals surface area contributed by atoms with Gasteiger partial charge in [0.15, 0.2) is 5.78 Å². The minimum Gasteiger partial charge on any atom is -0.495 e. The van der Waals surface area contributed by atoms with E-state index in [-0.39, 0.29) is 17.4 Å². The minimum atomic E-state index is -0.517. The van der Waals surface area contributed by atoms with E-state index in [4.69, 9.17) is 9.84 Å². The second kappa shape index (κ2) is 10.9. The lowest BCUT2D eigenvalue weighted by Crippen LogP contribution is -2.31. The molecule has 1 aliphatic heterocycles. The van der Waals surface area contributed by atoms with Crippen LogP contribution in [0.1, 0.15) is 34.5 Å². The van der Waals surface area contributed by atoms with E-state index < -0.39 is 6.04 Å². The molecule has 0 unspecified atom stereocenters. The first-order chi connectivity index (χ1) is 18.4. The number of ether oxygens (including phenoxy) is 1. The van der Waals surface area contributed by atoms with E-state index in [0.29, 0.717) is 39.4 Å². The molecule has 192 valence electrons. The lowest BCUT2D eigenvalue weighted by Gasteiger charge is -2.28. The molecular formula is C29H27N5O3S. The molecule has 0 radical (unpaired) electrons. The number of thioether (sulfide) groups is 1. The van der Waals surface area contributed by atoms with Crippen LogP contribution in [-0.2, 0) is 4.79 Å². The molecule has 2 N–H and O–H groups in total. The van der Waals surface area contributed by atoms with Gasteiger partial charge in [-0.25, -0.2) is 4.68 Å². The van der Waals surface area contributed by atoms with Crippen LogP contribution in [0.3, 0.4) is 0 Å². The molecule has 1 aliphatic rings. The van der Waals surface area contributed by atoms with Crippen LogP contribution in [0.5, 0.6) is 5.75 Å². The third-order valence-corrected chi connectivity index (χ3v) is 7.09. The topological polar surface area (TPSA) is 98.1 Å². The summed E-state index contributed by atoms with van der Waals surface area (Å²) in [4.78, 5) is 31.0. The van der Waals surface area contributed by atoms with Gasteiger partial charge in [-0.1, -0.05) is 84.1 Å². The summed E-state index contributed by atoms with van der Waals surface area (Å²) in [5.74, 6) is 1.00. The van der Waals surface area contributed by atoms with Crippen molar-refractivity contribution >= 4 is 35.1 Å². The maximum atomic E-state index is 13.7. The molecule has 0 saturated heterocycles. The molecule has 5 rings (SSSR count). The highest BCUT2D eigenvalue weighted by molar-refractivity contribution is 7.99. The zero-order valence-corrected chi connectivity index (χ0v) is 22.1. The van der Waals surface area contributed by atoms with Crippen molar-refractivity contribution < 1.29 is 14.3 Å². The van der Waals surface area contributed by atoms with Crippen LogP contribution in [0.25, 0.3) is 0 Å². The number of hydrogen-bond acceptors (Lipinski definition) is 7. The smallest absolute Gasteiger partial charge is 0.255 e. The first kappa shape index (κ1) is 25.3. The Kier molecular flexibility index (Phi) is 7.28. The maximum absolute atomic E-state index is 13.7. The van der Waals surface area contributed by atoms with E-state index in [9.17, 15) is 9.59 Å². The highest BCUT2D eigenvalue weighted by atomic mass is 32.2. The van der Waals surface area contributed by atoms with Crippen LogP contribution in [0.4, 0.5) is 11.6 Å². The molecule has 9 heteroatoms. The van der Waals surface area contributed by atoms with Crippen LogP contribution in [-0.4, -0.2) is 39.3 Å². The number of carbonyl (C=O) groups excluding carboxylic acids is 2. The number of carbonyl (C=O) groups is 2. The van der Waals surface area contributed by atoms with Crippen molar-refractivity contribution in [3.8, 4) is 5.75 Å². The predicted molar refractivity (Wildman–Crippen MR) is 149 cm³/mol. The average molecular weight is 526 g/mol. The van der Waals surface area contributed by atoms with Gasteiger partial charge in [-0.05, 0) is 31.5 Å². The van der Waals surface area contributed by atoms with E-state index in [1.54, 1.807) is 23.9 Å². The summed E-state index contributed by atoms with van der Waals surface area (Å²) in [6.07, 6.45) is 0. The number of methoxy groups -OCH3 is 1. The number of nitrogens with zero attached hydrogens (tertiary/aromatic N) is 3. The number of Topliss-reactive ketones (excluding diaryl/α,β-unsaturated/α-hetero) is 1. The fourth-order valence-corrected chi connectivity index (χ4v) is 5.04. The molecular weight excluding hydrogens is 498 g/mol. The summed E-state index contributed by atoms with van der Waals surface area (Å²) in [5.41, 5.74) is 4.38. The highest BCUT2D eigenvalue weighted by Crippen LogP contribution is 2.37. The lowest BCUT2D eigenvalue weighted by molar-refractivity contribution is -0.113. The summed E-state index contributed by atoms with van der Waals surface area (Å²) < 4.78 is 7.12. The molecule has 1 amide bonds. The Bertz CT molecular complexity index is 1510. The number of aryl methyl sites for hydroxylation is 1. The Morgan fingerprint density at radius 3 is 2.45 bits per heavy atom. The van der Waals surface area contributed by atoms with Gasteiger partial charge in [0.2, 0.25) is 11.1 Å². The van der Waals surface area contributed by atoms with Crippen LogP contribution in [0.15, 0.2) is 95.3 Å². The second-order valence-electron chi connectivity index (χ2n) is 8.87. The SMILES string of the molecule is COc1ccccc1NC(=O)C1=C(C)Nc2nc(SCC(=O)c3ccc(C)cc3)nn2[C@H]1c1ccccc1. The molecule has 2 heterocycles. The number of nitrogens with one attached hydrogen (secondary N) is 2. The molecule has 0 bridgehead atoms. The van der Waals surface area contributed by atoms with Crippen molar-refractivity contribution in [2.75, 3.05) is 23.5 Å². The summed E-state index contributed by atoms with van der Waals surface area (Å²) in [5, 5.41) is 11.4. The lowest BCUT2D eigenvalue weighted by atomic mass is 9.95. The molecule has 0 spiro atoms. The van der Waals surface area contributed by atoms with Gasteiger partial charge in [-0.2, -0.15) is 4.98 Å². The number of allylic oxidation sites excluding steroid dienone is 1. The van der Waals surface area contributed by atoms with Crippen LogP contribution in [0.2, 0.25) is 0 Å². The number of hydrogen-bond donors (Lipinski definition) is 2. The van der Waals surface area contributed by atoms with Gasteiger partial charge in [0, 0.05) is 11.3 Å². The second-order valence-corrected chi connectivity index (χ2v) is 9.81. The first-order valence-electron chi connectivity index (χ1n) is 12.1. The third-order valence-electron chi connectivity index (χ3n) is 6.25. The summed E-state index contributed by atoms with van der Waals surface area (Å²) in [6, 6.07) is 23.9. The van der Waals surface area contributed by atoms with Crippen molar-refractivity contribution in [2.24, 2.45) is 0 Å². The Morgan fingerprint density at radius 1 is 1.00 bits per heavy atom. The number of rotatable bonds is 8. The van der Waals surface area contributed by atoms with Gasteiger partial charge < -0.3 is 15.4 Å². The van der Waals surface area contributed by atoms with Crippen molar-refractivity contribution in [3.63, 3.8) is 0 Å². The van der Waals surface area contributed by atoms with Gasteiger partial charge in [-0.3, -0.25) is 9.59 Å². The largest absolute Gasteiger partial charge is 0.495 e. The Balaban J connectivity index is 1.44. The standard InChI is InChI=1S/C29H27N5O3S/c1-18-13-15-20(16-14-18)23(35)17-38-29-32-28-30-19(2)25(26(34(28)33-29)21-9-5-4-6-10-21)27(36)31-22-11-7-8-12-24(22)37-3/h4-16,26H,17H2,1-3H3,(H,31,36)(H,30,32,33)/t26-/m0/s1. The highest BCUT2D eigenvalue weighted by Gasteiger charge is 2.34. The zero-order valence-electron chi connectivity index (χ0n) is 21.3. The predicted octanol–water partition coefficient (Wildman–Crippen LogP) is 5.50. The monoisotopic (exact) mass is 525 g/mol. The van der Waals surface area contributed by atoms with E-state index >= 15 is 0 Å². The molecule has 0 fully saturated rings. The average Bonchev–Trinajstić information content (AvgIpc) is 3.34. The summed E-state index contributed by atoms with van der Waals surface area (Å²) in [6.45, 7) is 3.83. The number of aromatic nitrogens is 3. The third kappa shape index (κ3) is 5.19. The van der Waals surface area contributed by atoms with Crippen LogP contribution >= 0.6 is 11.8 Å². The molecule has 0 aliphatic carbocycles. The van der Waals surface area contributed by atoms with Crippen molar-refractivity contribution in [1.82, 2.24) is 14.8 Å². The Hall–Kier alpha value is -4.37. The van der Waals surface area contributed by atoms with Crippen molar-refractivity contribution in [2.45, 2.75) is 25.0 Å². The van der Waals surface area contributed by atoms with Gasteiger partial charge >= 0.3 is 0 Å². The molecule has 1 aromatic heterocycles. The summed E-state index contributed by atoms with van der Waals surface area (Å²) >= 11 is 1.27. The van der Waals surface area contributed by atoms with Gasteiger partial charge in [0.1, 0.15) is 11.8 Å². The van der Waals surface area contributed by atoms with E-state index in [1.807, 2.05) is 80.6 Å². The minimum absolute atomic E-state index is 0.00141. The zero-order chi connectivity index (χ0) is 26.6. The fourth-order valence-electron chi connectivity index (χ4n) is 4.32. The Labute approximate surface area is 225 Å². The van der Waals surface area contributed by atoms with Crippen LogP contribution < -0.4 is 15.4 Å². The van der Waals surface area contributed by atoms with Gasteiger partial charge in [-0.15, -0.1) is 5.10 Å². The van der Waals surface area contributed by atoms with E-state index in [0.717, 1.165) is 11.1 Å². The number of anilines is 2. The normalized spacial score (nSPS) is 14.4. The number of para-hydroxylation sites is 2. The first-order valence-corrected chi connectivity index (χ1v) is 13.1. The molecule has 4 aromatic rings. The molecule has 8 nitrogen and oxygen atoms in total. The molecule has 38 heavy (non-hydrogen) atoms. The van der Waals surface area contributed by atoms with Gasteiger partial charge in [0.05, 0.1) is 24.1 Å². The summed E-state index contributed by atoms with van der Waals surface area (Å²) in [7, 11) is 1.56. The van der Waals surface area contributed by atoms with Crippen molar-refractivity contribution in [1.29, 1.82) is 0 Å². The number of fused-ring (bicyclic) bond motifs is 1. The van der Waals surface area contributed by atoms with E-state index in [2.05, 4.69) is 15.6 Å². The number of amides is 1. The molecule has 0 saturated carbocycles. The van der Waals surface area contributed by atoms with Crippen molar-refractivity contribution in [3.05, 3.63) is 107 Å². The number of ketones is 1. The maximum Gasteiger partial charge on any atom is 0.255 e. The van der Waals surface area contributed by atoms with Crippen LogP contribution in [0, 0.1) is 6.92 Å². The Morgan fingerprint density at radius 2 is 1.71 bits per heavy atom. The van der Waals surface area contributed by atoms with E-state index in [1.165, 1.54) is 11.8 Å². The quantitative estimate of drug-likeness (QED) is 0.232. The number of benzene rings is 3. The fraction of sp³-hybridized carbons (Fsp3) is 0.172. The molecule has 3 aromatic carbocycles. The molecule has 1 atom stereocenters. The van der Waals surface area contributed by atoms with Gasteiger partial charge in [0.25, 0.3) is 5.91 Å².